The number of nitrogens with zero attached hydrogens (tertiary/aromatic N) is 1. The fraction of sp³-hybridized carbons (Fsp3) is 0. The van der Waals surface area contributed by atoms with E-state index in [0.29, 0.717) is 10.8 Å². The van der Waals surface area contributed by atoms with Crippen LogP contribution in [0.1, 0.15) is 0 Å². The first kappa shape index (κ1) is 9.61. The molecule has 1 heterocycles. The Kier molecular flexibility index (Phi) is 2.52. The highest BCUT2D eigenvalue weighted by molar-refractivity contribution is 9.10. The monoisotopic (exact) mass is 272 g/mol. The van der Waals surface area contributed by atoms with E-state index in [1.54, 1.807) is 11.4 Å². The molecule has 0 atom stereocenters. The Hall–Kier alpha value is -0.940. The number of hydrogen-bond donors (Lipinski definition) is 1. The van der Waals surface area contributed by atoms with Crippen LogP contribution in [-0.4, -0.2) is 4.98 Å². The van der Waals surface area contributed by atoms with Gasteiger partial charge in [0, 0.05) is 15.4 Å². The number of rotatable bonds is 1. The second kappa shape index (κ2) is 3.67. The Morgan fingerprint density at radius 3 is 2.86 bits per heavy atom. The van der Waals surface area contributed by atoms with Crippen molar-refractivity contribution >= 4 is 32.4 Å². The number of aromatic nitrogens is 1. The van der Waals surface area contributed by atoms with Crippen molar-refractivity contribution in [1.29, 1.82) is 0 Å². The lowest BCUT2D eigenvalue weighted by molar-refractivity contribution is 0.628. The third-order valence-electron chi connectivity index (χ3n) is 1.73. The van der Waals surface area contributed by atoms with E-state index in [2.05, 4.69) is 20.9 Å². The molecule has 2 N–H and O–H groups in total. The van der Waals surface area contributed by atoms with Crippen molar-refractivity contribution in [3.05, 3.63) is 33.9 Å². The molecule has 0 amide bonds. The second-order valence-corrected chi connectivity index (χ2v) is 4.44. The van der Waals surface area contributed by atoms with E-state index in [-0.39, 0.29) is 5.82 Å². The Balaban J connectivity index is 2.55. The Morgan fingerprint density at radius 2 is 2.21 bits per heavy atom. The smallest absolute Gasteiger partial charge is 0.180 e. The predicted octanol–water partition coefficient (Wildman–Crippen LogP) is 3.29. The van der Waals surface area contributed by atoms with E-state index < -0.39 is 0 Å². The molecule has 0 aliphatic rings. The minimum absolute atomic E-state index is 0.283. The van der Waals surface area contributed by atoms with E-state index >= 15 is 0 Å². The zero-order chi connectivity index (χ0) is 10.1. The van der Waals surface area contributed by atoms with Crippen molar-refractivity contribution in [2.45, 2.75) is 0 Å². The maximum absolute atomic E-state index is 13.0. The number of halogens is 2. The molecule has 1 aromatic heterocycles. The number of benzene rings is 1. The van der Waals surface area contributed by atoms with Gasteiger partial charge in [-0.1, -0.05) is 15.9 Å². The first-order chi connectivity index (χ1) is 6.66. The first-order valence-corrected chi connectivity index (χ1v) is 5.50. The van der Waals surface area contributed by atoms with Gasteiger partial charge in [-0.3, -0.25) is 0 Å². The SMILES string of the molecule is Nc1nc(-c2cc(F)ccc2Br)cs1. The van der Waals surface area contributed by atoms with Crippen molar-refractivity contribution in [1.82, 2.24) is 4.98 Å². The summed E-state index contributed by atoms with van der Waals surface area (Å²) in [7, 11) is 0. The molecule has 0 fully saturated rings. The molecule has 0 saturated carbocycles. The van der Waals surface area contributed by atoms with Crippen molar-refractivity contribution in [3.63, 3.8) is 0 Å². The molecular weight excluding hydrogens is 267 g/mol. The zero-order valence-corrected chi connectivity index (χ0v) is 9.40. The van der Waals surface area contributed by atoms with Crippen LogP contribution in [0.3, 0.4) is 0 Å². The standard InChI is InChI=1S/C9H6BrFN2S/c10-7-2-1-5(11)3-6(7)8-4-14-9(12)13-8/h1-4H,(H2,12,13). The summed E-state index contributed by atoms with van der Waals surface area (Å²) in [5.74, 6) is -0.283. The fourth-order valence-electron chi connectivity index (χ4n) is 1.11. The van der Waals surface area contributed by atoms with E-state index in [1.165, 1.54) is 23.5 Å². The zero-order valence-electron chi connectivity index (χ0n) is 7.00. The van der Waals surface area contributed by atoms with Gasteiger partial charge in [-0.2, -0.15) is 0 Å². The maximum Gasteiger partial charge on any atom is 0.180 e. The highest BCUT2D eigenvalue weighted by Crippen LogP contribution is 2.30. The first-order valence-electron chi connectivity index (χ1n) is 3.83. The lowest BCUT2D eigenvalue weighted by atomic mass is 10.2. The van der Waals surface area contributed by atoms with Crippen LogP contribution in [0.15, 0.2) is 28.1 Å². The number of hydrogen-bond acceptors (Lipinski definition) is 3. The van der Waals surface area contributed by atoms with Gasteiger partial charge >= 0.3 is 0 Å². The Bertz CT molecular complexity index is 470. The molecule has 0 bridgehead atoms. The number of thiazole rings is 1. The summed E-state index contributed by atoms with van der Waals surface area (Å²) in [6.07, 6.45) is 0. The Labute approximate surface area is 92.7 Å². The van der Waals surface area contributed by atoms with Gasteiger partial charge in [-0.25, -0.2) is 9.37 Å². The predicted molar refractivity (Wildman–Crippen MR) is 59.6 cm³/mol. The molecule has 0 spiro atoms. The fourth-order valence-corrected chi connectivity index (χ4v) is 2.12. The third-order valence-corrected chi connectivity index (χ3v) is 3.09. The summed E-state index contributed by atoms with van der Waals surface area (Å²) in [5, 5.41) is 2.28. The number of nitrogen functional groups attached to an aromatic ring is 1. The minimum Gasteiger partial charge on any atom is -0.375 e. The molecule has 2 aromatic rings. The minimum atomic E-state index is -0.283. The van der Waals surface area contributed by atoms with Gasteiger partial charge in [-0.15, -0.1) is 11.3 Å². The van der Waals surface area contributed by atoms with Gasteiger partial charge in [0.25, 0.3) is 0 Å². The topological polar surface area (TPSA) is 38.9 Å². The maximum atomic E-state index is 13.0. The molecule has 0 aliphatic carbocycles. The summed E-state index contributed by atoms with van der Waals surface area (Å²) in [6, 6.07) is 4.47. The van der Waals surface area contributed by atoms with Crippen molar-refractivity contribution in [3.8, 4) is 11.3 Å². The summed E-state index contributed by atoms with van der Waals surface area (Å²) >= 11 is 4.67. The van der Waals surface area contributed by atoms with Gasteiger partial charge in [0.1, 0.15) is 5.82 Å². The van der Waals surface area contributed by atoms with Crippen LogP contribution in [0.4, 0.5) is 9.52 Å². The van der Waals surface area contributed by atoms with E-state index in [4.69, 9.17) is 5.73 Å². The molecule has 5 heteroatoms. The summed E-state index contributed by atoms with van der Waals surface area (Å²) in [5.41, 5.74) is 6.92. The molecule has 2 rings (SSSR count). The molecule has 0 radical (unpaired) electrons. The lowest BCUT2D eigenvalue weighted by Crippen LogP contribution is -1.85. The van der Waals surface area contributed by atoms with Crippen LogP contribution in [-0.2, 0) is 0 Å². The van der Waals surface area contributed by atoms with E-state index in [9.17, 15) is 4.39 Å². The second-order valence-electron chi connectivity index (χ2n) is 2.70. The normalized spacial score (nSPS) is 10.4. The number of nitrogens with two attached hydrogens (primary N) is 1. The summed E-state index contributed by atoms with van der Waals surface area (Å²) in [4.78, 5) is 4.08. The summed E-state index contributed by atoms with van der Waals surface area (Å²) < 4.78 is 13.8. The molecule has 0 unspecified atom stereocenters. The van der Waals surface area contributed by atoms with E-state index in [1.807, 2.05) is 0 Å². The highest BCUT2D eigenvalue weighted by atomic mass is 79.9. The molecule has 0 aliphatic heterocycles. The quantitative estimate of drug-likeness (QED) is 0.865. The molecule has 0 saturated heterocycles. The molecule has 1 aromatic carbocycles. The largest absolute Gasteiger partial charge is 0.375 e. The van der Waals surface area contributed by atoms with Crippen molar-refractivity contribution < 1.29 is 4.39 Å². The summed E-state index contributed by atoms with van der Waals surface area (Å²) in [6.45, 7) is 0. The molecule has 14 heavy (non-hydrogen) atoms. The highest BCUT2D eigenvalue weighted by Gasteiger charge is 2.07. The van der Waals surface area contributed by atoms with E-state index in [0.717, 1.165) is 10.0 Å². The molecule has 72 valence electrons. The van der Waals surface area contributed by atoms with Gasteiger partial charge in [-0.05, 0) is 18.2 Å². The van der Waals surface area contributed by atoms with Crippen LogP contribution >= 0.6 is 27.3 Å². The van der Waals surface area contributed by atoms with Gasteiger partial charge in [0.2, 0.25) is 0 Å². The van der Waals surface area contributed by atoms with Crippen molar-refractivity contribution in [2.75, 3.05) is 5.73 Å². The van der Waals surface area contributed by atoms with Crippen LogP contribution < -0.4 is 5.73 Å². The van der Waals surface area contributed by atoms with Gasteiger partial charge in [0.05, 0.1) is 5.69 Å². The Morgan fingerprint density at radius 1 is 1.43 bits per heavy atom. The number of anilines is 1. The van der Waals surface area contributed by atoms with Gasteiger partial charge in [0.15, 0.2) is 5.13 Å². The van der Waals surface area contributed by atoms with Crippen molar-refractivity contribution in [2.24, 2.45) is 0 Å². The average molecular weight is 273 g/mol. The van der Waals surface area contributed by atoms with Crippen LogP contribution in [0.2, 0.25) is 0 Å². The van der Waals surface area contributed by atoms with Crippen LogP contribution in [0.5, 0.6) is 0 Å². The lowest BCUT2D eigenvalue weighted by Gasteiger charge is -2.00. The molecule has 2 nitrogen and oxygen atoms in total. The molecular formula is C9H6BrFN2S. The van der Waals surface area contributed by atoms with Crippen LogP contribution in [0.25, 0.3) is 11.3 Å². The average Bonchev–Trinajstić information content (AvgIpc) is 2.56. The van der Waals surface area contributed by atoms with Gasteiger partial charge < -0.3 is 5.73 Å². The third kappa shape index (κ3) is 1.78. The van der Waals surface area contributed by atoms with Crippen LogP contribution in [0, 0.1) is 5.82 Å².